The van der Waals surface area contributed by atoms with E-state index in [-0.39, 0.29) is 5.82 Å². The summed E-state index contributed by atoms with van der Waals surface area (Å²) in [5.74, 6) is -0.146. The molecule has 1 saturated heterocycles. The third-order valence-corrected chi connectivity index (χ3v) is 3.76. The van der Waals surface area contributed by atoms with Crippen LogP contribution in [0.15, 0.2) is 18.2 Å². The third-order valence-electron chi connectivity index (χ3n) is 3.76. The van der Waals surface area contributed by atoms with E-state index < -0.39 is 0 Å². The lowest BCUT2D eigenvalue weighted by atomic mass is 10.1. The summed E-state index contributed by atoms with van der Waals surface area (Å²) in [4.78, 5) is 2.34. The minimum Gasteiger partial charge on any atom is -0.369 e. The largest absolute Gasteiger partial charge is 0.369 e. The van der Waals surface area contributed by atoms with Crippen molar-refractivity contribution in [2.24, 2.45) is 5.73 Å². The van der Waals surface area contributed by atoms with Crippen LogP contribution in [0.1, 0.15) is 38.2 Å². The average Bonchev–Trinajstić information content (AvgIpc) is 2.53. The van der Waals surface area contributed by atoms with Crippen molar-refractivity contribution in [1.82, 2.24) is 0 Å². The van der Waals surface area contributed by atoms with E-state index in [9.17, 15) is 4.39 Å². The SMILES string of the molecule is CC1CCCCCN1c1cc(F)cc(CCN)c1. The normalized spacial score (nSPS) is 20.8. The van der Waals surface area contributed by atoms with Gasteiger partial charge in [0.25, 0.3) is 0 Å². The van der Waals surface area contributed by atoms with Gasteiger partial charge in [-0.3, -0.25) is 0 Å². The highest BCUT2D eigenvalue weighted by atomic mass is 19.1. The van der Waals surface area contributed by atoms with Gasteiger partial charge in [0.2, 0.25) is 0 Å². The van der Waals surface area contributed by atoms with Crippen molar-refractivity contribution >= 4 is 5.69 Å². The lowest BCUT2D eigenvalue weighted by Crippen LogP contribution is -2.32. The third kappa shape index (κ3) is 3.22. The lowest BCUT2D eigenvalue weighted by molar-refractivity contribution is 0.604. The molecule has 0 spiro atoms. The molecule has 100 valence electrons. The predicted octanol–water partition coefficient (Wildman–Crippen LogP) is 3.10. The summed E-state index contributed by atoms with van der Waals surface area (Å²) in [7, 11) is 0. The number of anilines is 1. The Labute approximate surface area is 109 Å². The monoisotopic (exact) mass is 250 g/mol. The van der Waals surface area contributed by atoms with Gasteiger partial charge in [-0.2, -0.15) is 0 Å². The van der Waals surface area contributed by atoms with E-state index in [1.54, 1.807) is 12.1 Å². The van der Waals surface area contributed by atoms with Crippen molar-refractivity contribution < 1.29 is 4.39 Å². The minimum absolute atomic E-state index is 0.146. The molecule has 0 radical (unpaired) electrons. The van der Waals surface area contributed by atoms with Gasteiger partial charge in [-0.05, 0) is 56.5 Å². The topological polar surface area (TPSA) is 29.3 Å². The Kier molecular flexibility index (Phi) is 4.59. The molecule has 0 aliphatic carbocycles. The van der Waals surface area contributed by atoms with Crippen molar-refractivity contribution in [3.05, 3.63) is 29.6 Å². The maximum absolute atomic E-state index is 13.7. The summed E-state index contributed by atoms with van der Waals surface area (Å²) in [6, 6.07) is 5.85. The van der Waals surface area contributed by atoms with Crippen LogP contribution in [0.3, 0.4) is 0 Å². The van der Waals surface area contributed by atoms with E-state index >= 15 is 0 Å². The highest BCUT2D eigenvalue weighted by Crippen LogP contribution is 2.26. The molecule has 0 saturated carbocycles. The Bertz CT molecular complexity index is 392. The van der Waals surface area contributed by atoms with Crippen LogP contribution in [0.25, 0.3) is 0 Å². The number of nitrogens with zero attached hydrogens (tertiary/aromatic N) is 1. The number of halogens is 1. The molecule has 1 atom stereocenters. The summed E-state index contributed by atoms with van der Waals surface area (Å²) < 4.78 is 13.7. The van der Waals surface area contributed by atoms with Crippen LogP contribution in [0.4, 0.5) is 10.1 Å². The first-order valence-electron chi connectivity index (χ1n) is 6.97. The summed E-state index contributed by atoms with van der Waals surface area (Å²) in [6.45, 7) is 3.84. The maximum atomic E-state index is 13.7. The second-order valence-electron chi connectivity index (χ2n) is 5.25. The Morgan fingerprint density at radius 1 is 1.28 bits per heavy atom. The predicted molar refractivity (Wildman–Crippen MR) is 74.4 cm³/mol. The smallest absolute Gasteiger partial charge is 0.125 e. The van der Waals surface area contributed by atoms with E-state index in [1.807, 2.05) is 0 Å². The lowest BCUT2D eigenvalue weighted by Gasteiger charge is -2.30. The molecule has 0 aromatic heterocycles. The zero-order chi connectivity index (χ0) is 13.0. The maximum Gasteiger partial charge on any atom is 0.125 e. The van der Waals surface area contributed by atoms with Crippen molar-refractivity contribution in [3.8, 4) is 0 Å². The molecule has 1 aliphatic heterocycles. The summed E-state index contributed by atoms with van der Waals surface area (Å²) in [5.41, 5.74) is 7.58. The summed E-state index contributed by atoms with van der Waals surface area (Å²) >= 11 is 0. The van der Waals surface area contributed by atoms with Crippen LogP contribution in [0, 0.1) is 5.82 Å². The summed E-state index contributed by atoms with van der Waals surface area (Å²) in [6.07, 6.45) is 5.71. The molecule has 1 aliphatic rings. The molecule has 0 amide bonds. The van der Waals surface area contributed by atoms with Gasteiger partial charge < -0.3 is 10.6 Å². The van der Waals surface area contributed by atoms with Crippen LogP contribution in [-0.2, 0) is 6.42 Å². The second kappa shape index (κ2) is 6.19. The van der Waals surface area contributed by atoms with Gasteiger partial charge in [0, 0.05) is 18.3 Å². The number of nitrogens with two attached hydrogens (primary N) is 1. The molecule has 2 N–H and O–H groups in total. The molecule has 18 heavy (non-hydrogen) atoms. The Morgan fingerprint density at radius 2 is 2.11 bits per heavy atom. The zero-order valence-corrected chi connectivity index (χ0v) is 11.2. The average molecular weight is 250 g/mol. The molecular weight excluding hydrogens is 227 g/mol. The highest BCUT2D eigenvalue weighted by Gasteiger charge is 2.18. The van der Waals surface area contributed by atoms with Crippen LogP contribution in [0.2, 0.25) is 0 Å². The van der Waals surface area contributed by atoms with Crippen LogP contribution in [-0.4, -0.2) is 19.1 Å². The Morgan fingerprint density at radius 3 is 2.89 bits per heavy atom. The molecule has 1 fully saturated rings. The quantitative estimate of drug-likeness (QED) is 0.893. The van der Waals surface area contributed by atoms with Gasteiger partial charge >= 0.3 is 0 Å². The molecule has 2 nitrogen and oxygen atoms in total. The standard InChI is InChI=1S/C15H23FN2/c1-12-5-3-2-4-8-18(12)15-10-13(6-7-17)9-14(16)11-15/h9-12H,2-8,17H2,1H3. The number of hydrogen-bond donors (Lipinski definition) is 1. The van der Waals surface area contributed by atoms with Gasteiger partial charge in [0.1, 0.15) is 5.82 Å². The van der Waals surface area contributed by atoms with Gasteiger partial charge in [0.05, 0.1) is 0 Å². The molecule has 0 bridgehead atoms. The van der Waals surface area contributed by atoms with Crippen molar-refractivity contribution in [1.29, 1.82) is 0 Å². The molecule has 1 aromatic carbocycles. The fourth-order valence-electron chi connectivity index (χ4n) is 2.77. The molecule has 1 unspecified atom stereocenters. The number of hydrogen-bond acceptors (Lipinski definition) is 2. The van der Waals surface area contributed by atoms with Crippen molar-refractivity contribution in [3.63, 3.8) is 0 Å². The van der Waals surface area contributed by atoms with Crippen LogP contribution in [0.5, 0.6) is 0 Å². The molecule has 1 heterocycles. The van der Waals surface area contributed by atoms with E-state index in [1.165, 1.54) is 25.7 Å². The zero-order valence-electron chi connectivity index (χ0n) is 11.2. The summed E-state index contributed by atoms with van der Waals surface area (Å²) in [5, 5.41) is 0. The van der Waals surface area contributed by atoms with Gasteiger partial charge in [0.15, 0.2) is 0 Å². The first-order chi connectivity index (χ1) is 8.70. The Balaban J connectivity index is 2.24. The highest BCUT2D eigenvalue weighted by molar-refractivity contribution is 5.50. The van der Waals surface area contributed by atoms with Crippen molar-refractivity contribution in [2.45, 2.75) is 45.1 Å². The second-order valence-corrected chi connectivity index (χ2v) is 5.25. The molecule has 3 heteroatoms. The van der Waals surface area contributed by atoms with Gasteiger partial charge in [-0.15, -0.1) is 0 Å². The Hall–Kier alpha value is -1.09. The molecule has 1 aromatic rings. The van der Waals surface area contributed by atoms with Crippen LogP contribution >= 0.6 is 0 Å². The van der Waals surface area contributed by atoms with E-state index in [0.717, 1.165) is 24.2 Å². The fraction of sp³-hybridized carbons (Fsp3) is 0.600. The van der Waals surface area contributed by atoms with Gasteiger partial charge in [-0.25, -0.2) is 4.39 Å². The van der Waals surface area contributed by atoms with E-state index in [2.05, 4.69) is 17.9 Å². The van der Waals surface area contributed by atoms with Gasteiger partial charge in [-0.1, -0.05) is 12.8 Å². The number of rotatable bonds is 3. The first-order valence-corrected chi connectivity index (χ1v) is 6.97. The molecule has 2 rings (SSSR count). The fourth-order valence-corrected chi connectivity index (χ4v) is 2.77. The minimum atomic E-state index is -0.146. The molecular formula is C15H23FN2. The van der Waals surface area contributed by atoms with Crippen molar-refractivity contribution in [2.75, 3.05) is 18.0 Å². The first kappa shape index (κ1) is 13.3. The van der Waals surface area contributed by atoms with E-state index in [4.69, 9.17) is 5.73 Å². The van der Waals surface area contributed by atoms with Crippen LogP contribution < -0.4 is 10.6 Å². The number of benzene rings is 1. The van der Waals surface area contributed by atoms with E-state index in [0.29, 0.717) is 12.6 Å².